The van der Waals surface area contributed by atoms with Gasteiger partial charge < -0.3 is 5.32 Å². The van der Waals surface area contributed by atoms with E-state index in [1.165, 1.54) is 25.5 Å². The number of nitrogens with one attached hydrogen (secondary N) is 1. The zero-order chi connectivity index (χ0) is 24.3. The minimum absolute atomic E-state index is 0.186. The molecule has 2 heterocycles. The summed E-state index contributed by atoms with van der Waals surface area (Å²) in [5.74, 6) is 1.56. The van der Waals surface area contributed by atoms with Crippen molar-refractivity contribution in [1.29, 1.82) is 0 Å². The van der Waals surface area contributed by atoms with E-state index in [9.17, 15) is 14.9 Å². The van der Waals surface area contributed by atoms with Gasteiger partial charge in [0.15, 0.2) is 5.82 Å². The number of nitrogens with zero attached hydrogens (tertiary/aromatic N) is 5. The summed E-state index contributed by atoms with van der Waals surface area (Å²) in [5, 5.41) is 24.4. The van der Waals surface area contributed by atoms with E-state index in [-0.39, 0.29) is 22.7 Å². The first-order valence-corrected chi connectivity index (χ1v) is 12.6. The Morgan fingerprint density at radius 2 is 1.71 bits per heavy atom. The van der Waals surface area contributed by atoms with Crippen LogP contribution in [-0.2, 0) is 12.1 Å². The van der Waals surface area contributed by atoms with Crippen molar-refractivity contribution in [1.82, 2.24) is 19.6 Å². The molecule has 0 unspecified atom stereocenters. The maximum Gasteiger partial charge on any atom is 0.320 e. The number of benzene rings is 1. The average Bonchev–Trinajstić information content (AvgIpc) is 3.43. The fraction of sp³-hybridized carbons (Fsp3) is 0.458. The van der Waals surface area contributed by atoms with Crippen LogP contribution in [0.15, 0.2) is 36.7 Å². The molecule has 7 rings (SSSR count). The Bertz CT molecular complexity index is 1280. The van der Waals surface area contributed by atoms with Crippen LogP contribution in [0.25, 0.3) is 0 Å². The summed E-state index contributed by atoms with van der Waals surface area (Å²) in [4.78, 5) is 24.4. The lowest BCUT2D eigenvalue weighted by atomic mass is 9.53. The number of halogens is 2. The Morgan fingerprint density at radius 3 is 2.31 bits per heavy atom. The number of carbonyl (C=O) groups excluding carboxylic acids is 1. The minimum Gasteiger partial charge on any atom is -0.303 e. The minimum atomic E-state index is -0.652. The zero-order valence-corrected chi connectivity index (χ0v) is 20.4. The van der Waals surface area contributed by atoms with Crippen molar-refractivity contribution < 1.29 is 9.72 Å². The molecule has 182 valence electrons. The zero-order valence-electron chi connectivity index (χ0n) is 18.9. The normalized spacial score (nSPS) is 26.7. The second-order valence-corrected chi connectivity index (χ2v) is 11.1. The Morgan fingerprint density at radius 1 is 1.09 bits per heavy atom. The lowest BCUT2D eigenvalue weighted by Crippen LogP contribution is -2.52. The van der Waals surface area contributed by atoms with Crippen molar-refractivity contribution >= 4 is 40.6 Å². The van der Waals surface area contributed by atoms with Gasteiger partial charge in [-0.15, -0.1) is 0 Å². The van der Waals surface area contributed by atoms with Crippen LogP contribution in [0.1, 0.15) is 54.6 Å². The highest BCUT2D eigenvalue weighted by atomic mass is 35.5. The van der Waals surface area contributed by atoms with Crippen LogP contribution in [0, 0.1) is 27.9 Å². The summed E-state index contributed by atoms with van der Waals surface area (Å²) in [6.45, 7) is 0.315. The number of amides is 1. The van der Waals surface area contributed by atoms with Gasteiger partial charge in [0.25, 0.3) is 5.91 Å². The molecule has 0 radical (unpaired) electrons. The summed E-state index contributed by atoms with van der Waals surface area (Å²) in [5.41, 5.74) is 0.0325. The molecule has 1 aromatic carbocycles. The van der Waals surface area contributed by atoms with E-state index >= 15 is 0 Å². The molecule has 0 atom stereocenters. The molecule has 3 aromatic rings. The third-order valence-electron chi connectivity index (χ3n) is 7.86. The van der Waals surface area contributed by atoms with Gasteiger partial charge in [-0.1, -0.05) is 29.3 Å². The van der Waals surface area contributed by atoms with Crippen LogP contribution in [0.4, 0.5) is 11.5 Å². The lowest BCUT2D eigenvalue weighted by molar-refractivity contribution is -0.385. The quantitative estimate of drug-likeness (QED) is 0.344. The molecular formula is C24H24Cl2N6O3. The Balaban J connectivity index is 1.24. The highest BCUT2D eigenvalue weighted by Crippen LogP contribution is 2.58. The first-order chi connectivity index (χ1) is 16.8. The highest BCUT2D eigenvalue weighted by molar-refractivity contribution is 6.35. The molecule has 11 heteroatoms. The van der Waals surface area contributed by atoms with Crippen LogP contribution < -0.4 is 5.32 Å². The molecule has 0 spiro atoms. The topological polar surface area (TPSA) is 108 Å². The third-order valence-corrected chi connectivity index (χ3v) is 8.57. The van der Waals surface area contributed by atoms with Gasteiger partial charge in [0.2, 0.25) is 5.69 Å². The summed E-state index contributed by atoms with van der Waals surface area (Å²) < 4.78 is 3.33. The van der Waals surface area contributed by atoms with Gasteiger partial charge in [0, 0.05) is 27.9 Å². The molecule has 2 aromatic heterocycles. The molecule has 4 saturated carbocycles. The fourth-order valence-corrected chi connectivity index (χ4v) is 7.30. The number of carbonyl (C=O) groups is 1. The monoisotopic (exact) mass is 514 g/mol. The molecule has 4 aliphatic rings. The first-order valence-electron chi connectivity index (χ1n) is 11.8. The average molecular weight is 515 g/mol. The number of nitro groups is 1. The molecule has 35 heavy (non-hydrogen) atoms. The van der Waals surface area contributed by atoms with Crippen LogP contribution in [0.2, 0.25) is 10.0 Å². The van der Waals surface area contributed by atoms with Crippen LogP contribution in [-0.4, -0.2) is 30.4 Å². The molecule has 9 nitrogen and oxygen atoms in total. The van der Waals surface area contributed by atoms with E-state index in [0.717, 1.165) is 19.3 Å². The van der Waals surface area contributed by atoms with E-state index in [1.807, 2.05) is 0 Å². The van der Waals surface area contributed by atoms with Gasteiger partial charge in [-0.3, -0.25) is 24.3 Å². The van der Waals surface area contributed by atoms with E-state index < -0.39 is 10.8 Å². The molecule has 1 N–H and O–H groups in total. The molecular weight excluding hydrogens is 491 g/mol. The predicted molar refractivity (Wildman–Crippen MR) is 131 cm³/mol. The predicted octanol–water partition coefficient (Wildman–Crippen LogP) is 5.52. The number of aromatic nitrogens is 4. The van der Waals surface area contributed by atoms with E-state index in [2.05, 4.69) is 15.5 Å². The summed E-state index contributed by atoms with van der Waals surface area (Å²) >= 11 is 12.5. The Labute approximate surface area is 211 Å². The Hall–Kier alpha value is -2.91. The third kappa shape index (κ3) is 4.00. The standard InChI is InChI=1S/C24H24Cl2N6O3/c25-18-2-1-3-19(26)17(18)12-30-5-4-21(28-30)27-23(33)22-20(32(34)35)13-31(29-22)24-9-14-6-15(10-24)8-16(7-14)11-24/h1-5,13-16H,6-12H2,(H,27,28,33). The SMILES string of the molecule is O=C(Nc1ccn(Cc2c(Cl)cccc2Cl)n1)c1nn(C23CC4CC(CC(C4)C2)C3)cc1[N+](=O)[O-]. The van der Waals surface area contributed by atoms with E-state index in [0.29, 0.717) is 39.9 Å². The number of hydrogen-bond donors (Lipinski definition) is 1. The summed E-state index contributed by atoms with van der Waals surface area (Å²) in [7, 11) is 0. The second kappa shape index (κ2) is 8.34. The van der Waals surface area contributed by atoms with Gasteiger partial charge in [0.1, 0.15) is 6.20 Å². The first kappa shape index (κ1) is 22.5. The highest BCUT2D eigenvalue weighted by Gasteiger charge is 2.53. The van der Waals surface area contributed by atoms with Crippen molar-refractivity contribution in [2.24, 2.45) is 17.8 Å². The van der Waals surface area contributed by atoms with E-state index in [1.54, 1.807) is 39.8 Å². The molecule has 1 amide bonds. The van der Waals surface area contributed by atoms with Crippen LogP contribution in [0.5, 0.6) is 0 Å². The van der Waals surface area contributed by atoms with Gasteiger partial charge in [-0.25, -0.2) is 0 Å². The maximum atomic E-state index is 13.1. The van der Waals surface area contributed by atoms with Crippen molar-refractivity contribution in [3.63, 3.8) is 0 Å². The smallest absolute Gasteiger partial charge is 0.303 e. The molecule has 0 aliphatic heterocycles. The summed E-state index contributed by atoms with van der Waals surface area (Å²) in [6, 6.07) is 6.87. The van der Waals surface area contributed by atoms with E-state index in [4.69, 9.17) is 23.2 Å². The van der Waals surface area contributed by atoms with Crippen molar-refractivity contribution in [3.8, 4) is 0 Å². The van der Waals surface area contributed by atoms with Crippen molar-refractivity contribution in [3.05, 3.63) is 68.1 Å². The van der Waals surface area contributed by atoms with Gasteiger partial charge >= 0.3 is 5.69 Å². The van der Waals surface area contributed by atoms with Gasteiger partial charge in [-0.2, -0.15) is 10.2 Å². The number of rotatable bonds is 6. The van der Waals surface area contributed by atoms with Gasteiger partial charge in [-0.05, 0) is 68.4 Å². The van der Waals surface area contributed by atoms with Crippen LogP contribution >= 0.6 is 23.2 Å². The number of hydrogen-bond acceptors (Lipinski definition) is 5. The maximum absolute atomic E-state index is 13.1. The lowest BCUT2D eigenvalue weighted by Gasteiger charge is -2.56. The van der Waals surface area contributed by atoms with Crippen molar-refractivity contribution in [2.75, 3.05) is 5.32 Å². The molecule has 4 bridgehead atoms. The molecule has 4 aliphatic carbocycles. The van der Waals surface area contributed by atoms with Crippen LogP contribution in [0.3, 0.4) is 0 Å². The van der Waals surface area contributed by atoms with Crippen molar-refractivity contribution in [2.45, 2.75) is 50.6 Å². The second-order valence-electron chi connectivity index (χ2n) is 10.3. The summed E-state index contributed by atoms with van der Waals surface area (Å²) in [6.07, 6.45) is 9.82. The number of anilines is 1. The van der Waals surface area contributed by atoms with Gasteiger partial charge in [0.05, 0.1) is 17.0 Å². The largest absolute Gasteiger partial charge is 0.320 e. The fourth-order valence-electron chi connectivity index (χ4n) is 6.79. The molecule has 0 saturated heterocycles. The Kier molecular flexibility index (Phi) is 5.37. The molecule has 4 fully saturated rings.